The number of ether oxygens (including phenoxy) is 2. The fourth-order valence-corrected chi connectivity index (χ4v) is 2.88. The lowest BCUT2D eigenvalue weighted by molar-refractivity contribution is 0.0475. The molecule has 0 saturated carbocycles. The van der Waals surface area contributed by atoms with Crippen LogP contribution >= 0.6 is 0 Å². The zero-order valence-corrected chi connectivity index (χ0v) is 17.0. The summed E-state index contributed by atoms with van der Waals surface area (Å²) >= 11 is 0. The summed E-state index contributed by atoms with van der Waals surface area (Å²) in [6.07, 6.45) is 0. The average molecular weight is 421 g/mol. The van der Waals surface area contributed by atoms with E-state index in [0.717, 1.165) is 11.6 Å². The minimum absolute atomic E-state index is 0.00632. The summed E-state index contributed by atoms with van der Waals surface area (Å²) < 4.78 is 23.7. The molecule has 158 valence electrons. The quantitative estimate of drug-likeness (QED) is 0.451. The lowest BCUT2D eigenvalue weighted by Crippen LogP contribution is -2.18. The molecular weight excluding hydrogens is 401 g/mol. The molecule has 0 radical (unpaired) electrons. The third kappa shape index (κ3) is 5.33. The molecule has 3 rings (SSSR count). The van der Waals surface area contributed by atoms with E-state index >= 15 is 0 Å². The van der Waals surface area contributed by atoms with Gasteiger partial charge in [0.25, 0.3) is 5.91 Å². The number of halogens is 1. The molecule has 0 atom stereocenters. The Kier molecular flexibility index (Phi) is 6.77. The molecule has 0 spiro atoms. The Bertz CT molecular complexity index is 1140. The van der Waals surface area contributed by atoms with E-state index in [1.54, 1.807) is 36.4 Å². The first kappa shape index (κ1) is 21.7. The van der Waals surface area contributed by atoms with Crippen LogP contribution in [-0.4, -0.2) is 31.4 Å². The number of aryl methyl sites for hydroxylation is 1. The van der Waals surface area contributed by atoms with Crippen molar-refractivity contribution < 1.29 is 28.2 Å². The second-order valence-corrected chi connectivity index (χ2v) is 6.72. The monoisotopic (exact) mass is 421 g/mol. The van der Waals surface area contributed by atoms with Gasteiger partial charge in [0.15, 0.2) is 24.0 Å². The number of esters is 1. The van der Waals surface area contributed by atoms with Gasteiger partial charge in [0.1, 0.15) is 0 Å². The maximum absolute atomic E-state index is 13.8. The predicted octanol–water partition coefficient (Wildman–Crippen LogP) is 4.43. The molecular formula is C24H20FNO5. The molecule has 0 fully saturated rings. The summed E-state index contributed by atoms with van der Waals surface area (Å²) in [5, 5.41) is 2.69. The number of anilines is 1. The molecule has 6 nitrogen and oxygen atoms in total. The third-order valence-electron chi connectivity index (χ3n) is 4.48. The fourth-order valence-electron chi connectivity index (χ4n) is 2.88. The van der Waals surface area contributed by atoms with Crippen molar-refractivity contribution in [1.82, 2.24) is 0 Å². The van der Waals surface area contributed by atoms with Crippen LogP contribution in [-0.2, 0) is 4.74 Å². The summed E-state index contributed by atoms with van der Waals surface area (Å²) in [7, 11) is 1.32. The summed E-state index contributed by atoms with van der Waals surface area (Å²) in [6.45, 7) is 1.29. The van der Waals surface area contributed by atoms with E-state index in [4.69, 9.17) is 9.47 Å². The highest BCUT2D eigenvalue weighted by Gasteiger charge is 2.18. The summed E-state index contributed by atoms with van der Waals surface area (Å²) in [4.78, 5) is 37.3. The van der Waals surface area contributed by atoms with Crippen molar-refractivity contribution in [3.8, 4) is 5.75 Å². The Morgan fingerprint density at radius 2 is 1.71 bits per heavy atom. The van der Waals surface area contributed by atoms with Gasteiger partial charge in [0, 0.05) is 11.1 Å². The molecule has 0 aliphatic carbocycles. The number of amides is 1. The lowest BCUT2D eigenvalue weighted by Gasteiger charge is -2.11. The van der Waals surface area contributed by atoms with E-state index in [1.165, 1.54) is 25.3 Å². The van der Waals surface area contributed by atoms with Gasteiger partial charge in [-0.1, -0.05) is 29.8 Å². The second kappa shape index (κ2) is 9.67. The maximum Gasteiger partial charge on any atom is 0.340 e. The molecule has 0 aliphatic heterocycles. The van der Waals surface area contributed by atoms with E-state index in [1.807, 2.05) is 13.0 Å². The molecule has 0 unspecified atom stereocenters. The van der Waals surface area contributed by atoms with Crippen LogP contribution in [0.3, 0.4) is 0 Å². The van der Waals surface area contributed by atoms with Crippen molar-refractivity contribution in [2.24, 2.45) is 0 Å². The molecule has 0 saturated heterocycles. The lowest BCUT2D eigenvalue weighted by atomic mass is 10.1. The van der Waals surface area contributed by atoms with Crippen LogP contribution in [0, 0.1) is 12.7 Å². The smallest absolute Gasteiger partial charge is 0.340 e. The van der Waals surface area contributed by atoms with Crippen molar-refractivity contribution in [2.45, 2.75) is 6.92 Å². The number of hydrogen-bond donors (Lipinski definition) is 1. The van der Waals surface area contributed by atoms with Gasteiger partial charge >= 0.3 is 5.97 Å². The van der Waals surface area contributed by atoms with E-state index in [2.05, 4.69) is 5.32 Å². The number of carbonyl (C=O) groups is 3. The van der Waals surface area contributed by atoms with Crippen LogP contribution in [0.4, 0.5) is 10.1 Å². The fraction of sp³-hybridized carbons (Fsp3) is 0.125. The van der Waals surface area contributed by atoms with Gasteiger partial charge in [-0.25, -0.2) is 9.18 Å². The van der Waals surface area contributed by atoms with Gasteiger partial charge in [-0.05, 0) is 49.4 Å². The van der Waals surface area contributed by atoms with Crippen LogP contribution in [0.5, 0.6) is 5.75 Å². The minimum atomic E-state index is -0.789. The van der Waals surface area contributed by atoms with Gasteiger partial charge in [-0.2, -0.15) is 0 Å². The SMILES string of the molecule is COc1ccc(C(=O)COC(=O)c2ccccc2NC(=O)c2cccc(C)c2)cc1F. The topological polar surface area (TPSA) is 81.7 Å². The zero-order chi connectivity index (χ0) is 22.4. The first-order chi connectivity index (χ1) is 14.9. The normalized spacial score (nSPS) is 10.3. The van der Waals surface area contributed by atoms with Crippen LogP contribution in [0.15, 0.2) is 66.7 Å². The molecule has 3 aromatic rings. The van der Waals surface area contributed by atoms with Crippen molar-refractivity contribution in [3.63, 3.8) is 0 Å². The minimum Gasteiger partial charge on any atom is -0.494 e. The van der Waals surface area contributed by atoms with Crippen LogP contribution in [0.1, 0.15) is 36.6 Å². The highest BCUT2D eigenvalue weighted by Crippen LogP contribution is 2.20. The van der Waals surface area contributed by atoms with Gasteiger partial charge < -0.3 is 14.8 Å². The number of ketones is 1. The zero-order valence-electron chi connectivity index (χ0n) is 17.0. The molecule has 3 aromatic carbocycles. The van der Waals surface area contributed by atoms with Crippen molar-refractivity contribution in [1.29, 1.82) is 0 Å². The largest absolute Gasteiger partial charge is 0.494 e. The Hall–Kier alpha value is -4.00. The van der Waals surface area contributed by atoms with Crippen LogP contribution in [0.2, 0.25) is 0 Å². The van der Waals surface area contributed by atoms with Gasteiger partial charge in [0.2, 0.25) is 0 Å². The van der Waals surface area contributed by atoms with E-state index in [9.17, 15) is 18.8 Å². The van der Waals surface area contributed by atoms with E-state index in [-0.39, 0.29) is 28.5 Å². The van der Waals surface area contributed by atoms with Crippen LogP contribution in [0.25, 0.3) is 0 Å². The van der Waals surface area contributed by atoms with Crippen molar-refractivity contribution in [2.75, 3.05) is 19.0 Å². The first-order valence-electron chi connectivity index (χ1n) is 9.40. The molecule has 31 heavy (non-hydrogen) atoms. The number of methoxy groups -OCH3 is 1. The molecule has 1 N–H and O–H groups in total. The number of benzene rings is 3. The summed E-state index contributed by atoms with van der Waals surface area (Å²) in [5.74, 6) is -2.43. The molecule has 7 heteroatoms. The van der Waals surface area contributed by atoms with E-state index in [0.29, 0.717) is 5.56 Å². The second-order valence-electron chi connectivity index (χ2n) is 6.72. The van der Waals surface area contributed by atoms with E-state index < -0.39 is 24.2 Å². The number of para-hydroxylation sites is 1. The maximum atomic E-state index is 13.8. The Morgan fingerprint density at radius 1 is 0.935 bits per heavy atom. The van der Waals surface area contributed by atoms with Gasteiger partial charge in [-0.15, -0.1) is 0 Å². The number of nitrogens with one attached hydrogen (secondary N) is 1. The number of hydrogen-bond acceptors (Lipinski definition) is 5. The Labute approximate surface area is 178 Å². The highest BCUT2D eigenvalue weighted by molar-refractivity contribution is 6.08. The van der Waals surface area contributed by atoms with Gasteiger partial charge in [0.05, 0.1) is 18.4 Å². The standard InChI is InChI=1S/C24H20FNO5/c1-15-6-5-7-17(12-15)23(28)26-20-9-4-3-8-18(20)24(29)31-14-21(27)16-10-11-22(30-2)19(25)13-16/h3-13H,14H2,1-2H3,(H,26,28). The Morgan fingerprint density at radius 3 is 2.42 bits per heavy atom. The summed E-state index contributed by atoms with van der Waals surface area (Å²) in [5.41, 5.74) is 1.76. The molecule has 0 bridgehead atoms. The van der Waals surface area contributed by atoms with Crippen LogP contribution < -0.4 is 10.1 Å². The van der Waals surface area contributed by atoms with Crippen molar-refractivity contribution >= 4 is 23.3 Å². The number of rotatable bonds is 7. The highest BCUT2D eigenvalue weighted by atomic mass is 19.1. The third-order valence-corrected chi connectivity index (χ3v) is 4.48. The number of carbonyl (C=O) groups excluding carboxylic acids is 3. The summed E-state index contributed by atoms with van der Waals surface area (Å²) in [6, 6.07) is 17.1. The number of Topliss-reactive ketones (excluding diaryl/α,β-unsaturated/α-hetero) is 1. The molecule has 0 aliphatic rings. The average Bonchev–Trinajstić information content (AvgIpc) is 2.77. The predicted molar refractivity (Wildman–Crippen MR) is 113 cm³/mol. The first-order valence-corrected chi connectivity index (χ1v) is 9.40. The molecule has 1 amide bonds. The van der Waals surface area contributed by atoms with Crippen molar-refractivity contribution in [3.05, 3.63) is 94.8 Å². The Balaban J connectivity index is 1.69. The van der Waals surface area contributed by atoms with Gasteiger partial charge in [-0.3, -0.25) is 9.59 Å². The molecule has 0 aromatic heterocycles. The molecule has 0 heterocycles.